The number of nitrogens with two attached hydrogens (primary N) is 1. The Labute approximate surface area is 121 Å². The third kappa shape index (κ3) is 3.95. The molecule has 0 aromatic rings. The van der Waals surface area contributed by atoms with Crippen molar-refractivity contribution < 1.29 is 14.7 Å². The minimum absolute atomic E-state index is 0.0284. The molecule has 1 heterocycles. The van der Waals surface area contributed by atoms with E-state index in [1.807, 2.05) is 13.8 Å². The summed E-state index contributed by atoms with van der Waals surface area (Å²) in [5.41, 5.74) is 4.67. The van der Waals surface area contributed by atoms with E-state index in [0.717, 1.165) is 32.1 Å². The van der Waals surface area contributed by atoms with Crippen LogP contribution in [0, 0.1) is 5.92 Å². The Bertz CT molecular complexity index is 357. The van der Waals surface area contributed by atoms with Crippen LogP contribution in [-0.2, 0) is 9.59 Å². The van der Waals surface area contributed by atoms with Gasteiger partial charge in [-0.2, -0.15) is 0 Å². The molecule has 3 atom stereocenters. The highest BCUT2D eigenvalue weighted by Gasteiger charge is 2.44. The van der Waals surface area contributed by atoms with Crippen LogP contribution in [0.25, 0.3) is 0 Å². The minimum Gasteiger partial charge on any atom is -0.480 e. The van der Waals surface area contributed by atoms with Crippen LogP contribution in [0.5, 0.6) is 0 Å². The molecule has 1 aliphatic heterocycles. The number of likely N-dealkylation sites (tertiary alicyclic amines) is 1. The average molecular weight is 284 g/mol. The van der Waals surface area contributed by atoms with E-state index in [4.69, 9.17) is 5.73 Å². The van der Waals surface area contributed by atoms with Gasteiger partial charge in [-0.15, -0.1) is 0 Å². The van der Waals surface area contributed by atoms with Gasteiger partial charge < -0.3 is 15.7 Å². The molecule has 3 N–H and O–H groups in total. The van der Waals surface area contributed by atoms with E-state index < -0.39 is 11.5 Å². The normalized spacial score (nSPS) is 26.1. The molecular formula is C15H28N2O3. The SMILES string of the molecule is CC(N)CCCC(C)C(=O)N1CCCCC1(C)C(=O)O. The van der Waals surface area contributed by atoms with Crippen LogP contribution in [0.2, 0.25) is 0 Å². The Hall–Kier alpha value is -1.10. The summed E-state index contributed by atoms with van der Waals surface area (Å²) in [5.74, 6) is -1.06. The lowest BCUT2D eigenvalue weighted by Gasteiger charge is -2.42. The number of rotatable bonds is 6. The Morgan fingerprint density at radius 1 is 1.30 bits per heavy atom. The number of hydrogen-bond donors (Lipinski definition) is 2. The number of nitrogens with zero attached hydrogens (tertiary/aromatic N) is 1. The second kappa shape index (κ2) is 7.07. The maximum Gasteiger partial charge on any atom is 0.329 e. The average Bonchev–Trinajstić information content (AvgIpc) is 2.37. The van der Waals surface area contributed by atoms with Gasteiger partial charge in [-0.3, -0.25) is 4.79 Å². The molecule has 116 valence electrons. The van der Waals surface area contributed by atoms with Gasteiger partial charge in [0.2, 0.25) is 5.91 Å². The topological polar surface area (TPSA) is 83.6 Å². The smallest absolute Gasteiger partial charge is 0.329 e. The highest BCUT2D eigenvalue weighted by Crippen LogP contribution is 2.30. The summed E-state index contributed by atoms with van der Waals surface area (Å²) in [7, 11) is 0. The highest BCUT2D eigenvalue weighted by atomic mass is 16.4. The molecule has 0 aromatic heterocycles. The molecule has 0 radical (unpaired) electrons. The van der Waals surface area contributed by atoms with Crippen molar-refractivity contribution in [2.45, 2.75) is 70.9 Å². The van der Waals surface area contributed by atoms with Crippen molar-refractivity contribution >= 4 is 11.9 Å². The third-order valence-electron chi connectivity index (χ3n) is 4.34. The number of amides is 1. The molecular weight excluding hydrogens is 256 g/mol. The van der Waals surface area contributed by atoms with Crippen molar-refractivity contribution in [3.05, 3.63) is 0 Å². The van der Waals surface area contributed by atoms with Gasteiger partial charge in [0.1, 0.15) is 5.54 Å². The molecule has 5 nitrogen and oxygen atoms in total. The molecule has 3 unspecified atom stereocenters. The number of aliphatic carboxylic acids is 1. The summed E-state index contributed by atoms with van der Waals surface area (Å²) in [4.78, 5) is 25.6. The Morgan fingerprint density at radius 3 is 2.50 bits per heavy atom. The van der Waals surface area contributed by atoms with E-state index in [-0.39, 0.29) is 17.9 Å². The molecule has 1 fully saturated rings. The van der Waals surface area contributed by atoms with Gasteiger partial charge in [-0.25, -0.2) is 4.79 Å². The fourth-order valence-electron chi connectivity index (χ4n) is 2.83. The summed E-state index contributed by atoms with van der Waals surface area (Å²) >= 11 is 0. The molecule has 20 heavy (non-hydrogen) atoms. The molecule has 1 rings (SSSR count). The number of carbonyl (C=O) groups is 2. The standard InChI is InChI=1S/C15H28N2O3/c1-11(7-6-8-12(2)16)13(18)17-10-5-4-9-15(17,3)14(19)20/h11-12H,4-10,16H2,1-3H3,(H,19,20). The van der Waals surface area contributed by atoms with Gasteiger partial charge in [0, 0.05) is 18.5 Å². The number of carboxylic acids is 1. The second-order valence-corrected chi connectivity index (χ2v) is 6.34. The maximum absolute atomic E-state index is 12.5. The van der Waals surface area contributed by atoms with Gasteiger partial charge in [0.25, 0.3) is 0 Å². The van der Waals surface area contributed by atoms with Gasteiger partial charge >= 0.3 is 5.97 Å². The summed E-state index contributed by atoms with van der Waals surface area (Å²) in [6.07, 6.45) is 4.87. The van der Waals surface area contributed by atoms with Crippen LogP contribution in [-0.4, -0.2) is 40.0 Å². The van der Waals surface area contributed by atoms with Crippen molar-refractivity contribution in [3.8, 4) is 0 Å². The Morgan fingerprint density at radius 2 is 1.95 bits per heavy atom. The first kappa shape index (κ1) is 17.0. The number of carboxylic acid groups (broad SMARTS) is 1. The summed E-state index contributed by atoms with van der Waals surface area (Å²) < 4.78 is 0. The molecule has 0 spiro atoms. The zero-order valence-corrected chi connectivity index (χ0v) is 12.9. The second-order valence-electron chi connectivity index (χ2n) is 6.34. The number of carbonyl (C=O) groups excluding carboxylic acids is 1. The van der Waals surface area contributed by atoms with Crippen LogP contribution in [0.4, 0.5) is 0 Å². The van der Waals surface area contributed by atoms with E-state index in [1.54, 1.807) is 11.8 Å². The quantitative estimate of drug-likeness (QED) is 0.781. The van der Waals surface area contributed by atoms with Crippen molar-refractivity contribution in [2.24, 2.45) is 11.7 Å². The molecule has 0 aromatic carbocycles. The van der Waals surface area contributed by atoms with Crippen LogP contribution in [0.15, 0.2) is 0 Å². The predicted molar refractivity (Wildman–Crippen MR) is 78.3 cm³/mol. The highest BCUT2D eigenvalue weighted by molar-refractivity contribution is 5.88. The van der Waals surface area contributed by atoms with Gasteiger partial charge in [0.05, 0.1) is 0 Å². The monoisotopic (exact) mass is 284 g/mol. The lowest BCUT2D eigenvalue weighted by molar-refractivity contribution is -0.162. The fraction of sp³-hybridized carbons (Fsp3) is 0.867. The first-order valence-corrected chi connectivity index (χ1v) is 7.59. The molecule has 1 aliphatic rings. The molecule has 1 amide bonds. The minimum atomic E-state index is -1.04. The largest absolute Gasteiger partial charge is 0.480 e. The van der Waals surface area contributed by atoms with Crippen LogP contribution >= 0.6 is 0 Å². The fourth-order valence-corrected chi connectivity index (χ4v) is 2.83. The lowest BCUT2D eigenvalue weighted by Crippen LogP contribution is -2.58. The van der Waals surface area contributed by atoms with E-state index in [9.17, 15) is 14.7 Å². The van der Waals surface area contributed by atoms with E-state index >= 15 is 0 Å². The van der Waals surface area contributed by atoms with Crippen LogP contribution in [0.3, 0.4) is 0 Å². The first-order valence-electron chi connectivity index (χ1n) is 7.59. The Balaban J connectivity index is 2.65. The molecule has 0 saturated carbocycles. The van der Waals surface area contributed by atoms with E-state index in [1.165, 1.54) is 0 Å². The predicted octanol–water partition coefficient (Wildman–Crippen LogP) is 2.00. The van der Waals surface area contributed by atoms with Crippen LogP contribution in [0.1, 0.15) is 59.3 Å². The van der Waals surface area contributed by atoms with Crippen molar-refractivity contribution in [3.63, 3.8) is 0 Å². The zero-order chi connectivity index (χ0) is 15.3. The van der Waals surface area contributed by atoms with Gasteiger partial charge in [0.15, 0.2) is 0 Å². The lowest BCUT2D eigenvalue weighted by atomic mass is 9.86. The number of piperidine rings is 1. The third-order valence-corrected chi connectivity index (χ3v) is 4.34. The Kier molecular flexibility index (Phi) is 5.99. The summed E-state index contributed by atoms with van der Waals surface area (Å²) in [5, 5.41) is 9.44. The maximum atomic E-state index is 12.5. The molecule has 0 bridgehead atoms. The summed E-state index contributed by atoms with van der Waals surface area (Å²) in [6.45, 7) is 6.07. The molecule has 5 heteroatoms. The van der Waals surface area contributed by atoms with Crippen molar-refractivity contribution in [1.82, 2.24) is 4.90 Å². The molecule has 0 aliphatic carbocycles. The van der Waals surface area contributed by atoms with E-state index in [0.29, 0.717) is 13.0 Å². The number of hydrogen-bond acceptors (Lipinski definition) is 3. The zero-order valence-electron chi connectivity index (χ0n) is 12.9. The van der Waals surface area contributed by atoms with Crippen molar-refractivity contribution in [1.29, 1.82) is 0 Å². The van der Waals surface area contributed by atoms with E-state index in [2.05, 4.69) is 0 Å². The van der Waals surface area contributed by atoms with Gasteiger partial charge in [-0.05, 0) is 46.0 Å². The van der Waals surface area contributed by atoms with Crippen molar-refractivity contribution in [2.75, 3.05) is 6.54 Å². The van der Waals surface area contributed by atoms with Gasteiger partial charge in [-0.1, -0.05) is 13.3 Å². The molecule has 1 saturated heterocycles. The van der Waals surface area contributed by atoms with Crippen LogP contribution < -0.4 is 5.73 Å². The first-order chi connectivity index (χ1) is 9.29. The summed E-state index contributed by atoms with van der Waals surface area (Å²) in [6, 6.07) is 0.150.